The van der Waals surface area contributed by atoms with Crippen molar-refractivity contribution in [2.45, 2.75) is 18.8 Å². The predicted octanol–water partition coefficient (Wildman–Crippen LogP) is 3.85. The Labute approximate surface area is 177 Å². The van der Waals surface area contributed by atoms with Crippen LogP contribution in [-0.2, 0) is 4.79 Å². The lowest BCUT2D eigenvalue weighted by molar-refractivity contribution is -0.116. The zero-order valence-electron chi connectivity index (χ0n) is 17.6. The minimum atomic E-state index is -0.285. The molecule has 0 saturated carbocycles. The van der Waals surface area contributed by atoms with Crippen molar-refractivity contribution in [2.75, 3.05) is 40.4 Å². The lowest BCUT2D eigenvalue weighted by Crippen LogP contribution is -2.27. The monoisotopic (exact) mass is 412 g/mol. The summed E-state index contributed by atoms with van der Waals surface area (Å²) in [5.41, 5.74) is 2.07. The number of carbonyl (C=O) groups is 1. The van der Waals surface area contributed by atoms with Crippen molar-refractivity contribution in [3.63, 3.8) is 0 Å². The minimum Gasteiger partial charge on any atom is -0.493 e. The van der Waals surface area contributed by atoms with Gasteiger partial charge in [0.15, 0.2) is 11.5 Å². The molecule has 1 aliphatic heterocycles. The molecule has 1 unspecified atom stereocenters. The zero-order valence-corrected chi connectivity index (χ0v) is 17.6. The third kappa shape index (κ3) is 6.07. The van der Waals surface area contributed by atoms with Crippen molar-refractivity contribution < 1.29 is 18.7 Å². The van der Waals surface area contributed by atoms with Crippen molar-refractivity contribution in [3.05, 3.63) is 65.5 Å². The summed E-state index contributed by atoms with van der Waals surface area (Å²) in [6.07, 6.45) is 5.18. The smallest absolute Gasteiger partial charge is 0.243 e. The van der Waals surface area contributed by atoms with Crippen molar-refractivity contribution in [1.29, 1.82) is 0 Å². The molecule has 5 nitrogen and oxygen atoms in total. The lowest BCUT2D eigenvalue weighted by atomic mass is 9.98. The van der Waals surface area contributed by atoms with E-state index in [2.05, 4.69) is 22.3 Å². The second-order valence-electron chi connectivity index (χ2n) is 7.43. The molecule has 1 fully saturated rings. The molecule has 3 rings (SSSR count). The molecule has 0 spiro atoms. The number of halogens is 1. The van der Waals surface area contributed by atoms with Crippen molar-refractivity contribution >= 4 is 12.0 Å². The van der Waals surface area contributed by atoms with E-state index in [0.717, 1.165) is 49.5 Å². The fraction of sp³-hybridized carbons (Fsp3) is 0.375. The molecule has 1 amide bonds. The van der Waals surface area contributed by atoms with E-state index in [4.69, 9.17) is 9.47 Å². The van der Waals surface area contributed by atoms with Gasteiger partial charge in [0.2, 0.25) is 5.91 Å². The molecule has 0 aromatic heterocycles. The Morgan fingerprint density at radius 1 is 1.17 bits per heavy atom. The Bertz CT molecular complexity index is 867. The normalized spacial score (nSPS) is 16.7. The maximum atomic E-state index is 12.9. The highest BCUT2D eigenvalue weighted by Gasteiger charge is 2.24. The van der Waals surface area contributed by atoms with Crippen molar-refractivity contribution in [3.8, 4) is 11.5 Å². The first-order valence-corrected chi connectivity index (χ1v) is 10.2. The maximum absolute atomic E-state index is 12.9. The number of hydrogen-bond donors (Lipinski definition) is 1. The molecule has 1 N–H and O–H groups in total. The molecule has 6 heteroatoms. The van der Waals surface area contributed by atoms with E-state index in [0.29, 0.717) is 12.5 Å². The van der Waals surface area contributed by atoms with Gasteiger partial charge in [-0.05, 0) is 73.3 Å². The summed E-state index contributed by atoms with van der Waals surface area (Å²) in [5, 5.41) is 2.90. The second-order valence-corrected chi connectivity index (χ2v) is 7.43. The summed E-state index contributed by atoms with van der Waals surface area (Å²) in [6.45, 7) is 3.64. The first-order valence-electron chi connectivity index (χ1n) is 10.2. The third-order valence-electron chi connectivity index (χ3n) is 5.40. The topological polar surface area (TPSA) is 50.8 Å². The van der Waals surface area contributed by atoms with E-state index in [1.807, 2.05) is 6.07 Å². The van der Waals surface area contributed by atoms with Crippen LogP contribution in [0.2, 0.25) is 0 Å². The van der Waals surface area contributed by atoms with Crippen LogP contribution in [-0.4, -0.2) is 51.2 Å². The molecular weight excluding hydrogens is 383 g/mol. The predicted molar refractivity (Wildman–Crippen MR) is 116 cm³/mol. The SMILES string of the molecule is COc1ccc(C2CCN(CCCNC(=O)/C=C/c3ccc(F)cc3)C2)cc1OC. The number of nitrogens with one attached hydrogen (secondary N) is 1. The van der Waals surface area contributed by atoms with Gasteiger partial charge >= 0.3 is 0 Å². The van der Waals surface area contributed by atoms with E-state index in [9.17, 15) is 9.18 Å². The molecule has 1 aliphatic rings. The summed E-state index contributed by atoms with van der Waals surface area (Å²) in [6, 6.07) is 12.2. The molecule has 30 heavy (non-hydrogen) atoms. The summed E-state index contributed by atoms with van der Waals surface area (Å²) in [7, 11) is 3.30. The van der Waals surface area contributed by atoms with Crippen LogP contribution in [0.15, 0.2) is 48.5 Å². The molecule has 0 bridgehead atoms. The van der Waals surface area contributed by atoms with E-state index in [-0.39, 0.29) is 11.7 Å². The largest absolute Gasteiger partial charge is 0.493 e. The summed E-state index contributed by atoms with van der Waals surface area (Å²) >= 11 is 0. The average molecular weight is 413 g/mol. The molecule has 160 valence electrons. The number of methoxy groups -OCH3 is 2. The fourth-order valence-electron chi connectivity index (χ4n) is 3.73. The lowest BCUT2D eigenvalue weighted by Gasteiger charge is -2.17. The van der Waals surface area contributed by atoms with Crippen LogP contribution in [0.3, 0.4) is 0 Å². The standard InChI is InChI=1S/C24H29FN2O3/c1-29-22-10-7-19(16-23(22)30-2)20-12-15-27(17-20)14-3-13-26-24(28)11-6-18-4-8-21(25)9-5-18/h4-11,16,20H,3,12-15,17H2,1-2H3,(H,26,28)/b11-6+. The van der Waals surface area contributed by atoms with Crippen molar-refractivity contribution in [2.24, 2.45) is 0 Å². The molecule has 2 aromatic carbocycles. The highest BCUT2D eigenvalue weighted by Crippen LogP contribution is 2.34. The van der Waals surface area contributed by atoms with Gasteiger partial charge in [-0.3, -0.25) is 4.79 Å². The number of benzene rings is 2. The number of carbonyl (C=O) groups excluding carboxylic acids is 1. The highest BCUT2D eigenvalue weighted by atomic mass is 19.1. The van der Waals surface area contributed by atoms with Crippen LogP contribution in [0.5, 0.6) is 11.5 Å². The van der Waals surface area contributed by atoms with Crippen molar-refractivity contribution in [1.82, 2.24) is 10.2 Å². The Morgan fingerprint density at radius 2 is 1.93 bits per heavy atom. The van der Waals surface area contributed by atoms with Gasteiger partial charge < -0.3 is 19.7 Å². The van der Waals surface area contributed by atoms with Crippen LogP contribution >= 0.6 is 0 Å². The van der Waals surface area contributed by atoms with Crippen LogP contribution in [0.25, 0.3) is 6.08 Å². The highest BCUT2D eigenvalue weighted by molar-refractivity contribution is 5.91. The van der Waals surface area contributed by atoms with E-state index >= 15 is 0 Å². The first kappa shape index (κ1) is 21.8. The Hall–Kier alpha value is -2.86. The van der Waals surface area contributed by atoms with Crippen LogP contribution in [0.1, 0.15) is 29.9 Å². The van der Waals surface area contributed by atoms with Crippen LogP contribution in [0.4, 0.5) is 4.39 Å². The molecular formula is C24H29FN2O3. The Kier molecular flexibility index (Phi) is 7.85. The van der Waals surface area contributed by atoms with Crippen LogP contribution < -0.4 is 14.8 Å². The zero-order chi connectivity index (χ0) is 21.3. The number of amides is 1. The maximum Gasteiger partial charge on any atom is 0.243 e. The molecule has 1 heterocycles. The number of rotatable bonds is 9. The van der Waals surface area contributed by atoms with Gasteiger partial charge in [0.05, 0.1) is 14.2 Å². The van der Waals surface area contributed by atoms with E-state index in [1.54, 1.807) is 32.4 Å². The van der Waals surface area contributed by atoms with E-state index < -0.39 is 0 Å². The van der Waals surface area contributed by atoms with Crippen LogP contribution in [0, 0.1) is 5.82 Å². The molecule has 0 radical (unpaired) electrons. The Morgan fingerprint density at radius 3 is 2.67 bits per heavy atom. The third-order valence-corrected chi connectivity index (χ3v) is 5.40. The van der Waals surface area contributed by atoms with Gasteiger partial charge in [-0.1, -0.05) is 18.2 Å². The molecule has 0 aliphatic carbocycles. The summed E-state index contributed by atoms with van der Waals surface area (Å²) in [4.78, 5) is 14.4. The van der Waals surface area contributed by atoms with E-state index in [1.165, 1.54) is 23.8 Å². The molecule has 1 saturated heterocycles. The summed E-state index contributed by atoms with van der Waals surface area (Å²) < 4.78 is 23.6. The Balaban J connectivity index is 1.38. The fourth-order valence-corrected chi connectivity index (χ4v) is 3.73. The van der Waals surface area contributed by atoms with Gasteiger partial charge in [-0.15, -0.1) is 0 Å². The molecule has 1 atom stereocenters. The minimum absolute atomic E-state index is 0.135. The average Bonchev–Trinajstić information content (AvgIpc) is 3.24. The summed E-state index contributed by atoms with van der Waals surface area (Å²) in [5.74, 6) is 1.58. The first-order chi connectivity index (χ1) is 14.6. The van der Waals surface area contributed by atoms with Gasteiger partial charge in [-0.2, -0.15) is 0 Å². The molecule has 2 aromatic rings. The van der Waals surface area contributed by atoms with Gasteiger partial charge in [0.25, 0.3) is 0 Å². The quantitative estimate of drug-likeness (QED) is 0.502. The number of nitrogens with zero attached hydrogens (tertiary/aromatic N) is 1. The van der Waals surface area contributed by atoms with Gasteiger partial charge in [0.1, 0.15) is 5.82 Å². The number of hydrogen-bond acceptors (Lipinski definition) is 4. The number of likely N-dealkylation sites (tertiary alicyclic amines) is 1. The van der Waals surface area contributed by atoms with Gasteiger partial charge in [-0.25, -0.2) is 4.39 Å². The second kappa shape index (κ2) is 10.8. The van der Waals surface area contributed by atoms with Gasteiger partial charge in [0, 0.05) is 19.2 Å². The number of ether oxygens (including phenoxy) is 2.